The van der Waals surface area contributed by atoms with Crippen molar-refractivity contribution in [3.8, 4) is 11.8 Å². The number of rotatable bonds is 2. The molecule has 1 aliphatic rings. The number of hydrogen-bond acceptors (Lipinski definition) is 1. The van der Waals surface area contributed by atoms with Crippen LogP contribution in [0.4, 0.5) is 0 Å². The number of aliphatic carboxylic acids is 1. The largest absolute Gasteiger partial charge is 0.478 e. The highest BCUT2D eigenvalue weighted by Crippen LogP contribution is 2.45. The second-order valence-electron chi connectivity index (χ2n) is 8.57. The third-order valence-corrected chi connectivity index (χ3v) is 5.53. The van der Waals surface area contributed by atoms with Gasteiger partial charge in [-0.25, -0.2) is 4.79 Å². The van der Waals surface area contributed by atoms with E-state index < -0.39 is 5.97 Å². The smallest absolute Gasteiger partial charge is 0.328 e. The molecule has 0 radical (unpaired) electrons. The van der Waals surface area contributed by atoms with Gasteiger partial charge in [-0.15, -0.1) is 0 Å². The van der Waals surface area contributed by atoms with E-state index in [-0.39, 0.29) is 10.8 Å². The van der Waals surface area contributed by atoms with Crippen molar-refractivity contribution >= 4 is 12.0 Å². The standard InChI is InChI=1S/C25H26O2/c1-24(2)15-16-25(3,4)22-17-20(11-13-21(22)24)10-9-18-5-7-19(8-6-18)12-14-23(26)27/h5-8,11-14,17H,15-16H2,1-4H3,(H,26,27). The fourth-order valence-electron chi connectivity index (χ4n) is 3.66. The van der Waals surface area contributed by atoms with Crippen molar-refractivity contribution in [2.45, 2.75) is 51.4 Å². The van der Waals surface area contributed by atoms with Gasteiger partial charge in [-0.3, -0.25) is 0 Å². The van der Waals surface area contributed by atoms with E-state index >= 15 is 0 Å². The van der Waals surface area contributed by atoms with Gasteiger partial charge in [-0.1, -0.05) is 57.7 Å². The fourth-order valence-corrected chi connectivity index (χ4v) is 3.66. The average Bonchev–Trinajstić information content (AvgIpc) is 2.63. The maximum absolute atomic E-state index is 10.6. The Morgan fingerprint density at radius 1 is 0.889 bits per heavy atom. The van der Waals surface area contributed by atoms with E-state index in [9.17, 15) is 4.79 Å². The van der Waals surface area contributed by atoms with Crippen molar-refractivity contribution in [3.05, 3.63) is 76.4 Å². The molecule has 2 aromatic rings. The third-order valence-electron chi connectivity index (χ3n) is 5.53. The van der Waals surface area contributed by atoms with Crippen LogP contribution in [0.25, 0.3) is 6.08 Å². The summed E-state index contributed by atoms with van der Waals surface area (Å²) in [5.41, 5.74) is 6.06. The minimum atomic E-state index is -0.947. The van der Waals surface area contributed by atoms with Gasteiger partial charge >= 0.3 is 5.97 Å². The lowest BCUT2D eigenvalue weighted by Crippen LogP contribution is -2.33. The van der Waals surface area contributed by atoms with Gasteiger partial charge in [-0.2, -0.15) is 0 Å². The van der Waals surface area contributed by atoms with Crippen molar-refractivity contribution in [3.63, 3.8) is 0 Å². The van der Waals surface area contributed by atoms with Crippen LogP contribution >= 0.6 is 0 Å². The van der Waals surface area contributed by atoms with Crippen LogP contribution in [0.1, 0.15) is 68.4 Å². The van der Waals surface area contributed by atoms with E-state index in [0.29, 0.717) is 0 Å². The highest BCUT2D eigenvalue weighted by Gasteiger charge is 2.36. The lowest BCUT2D eigenvalue weighted by Gasteiger charge is -2.41. The Balaban J connectivity index is 1.87. The Morgan fingerprint density at radius 2 is 1.44 bits per heavy atom. The number of fused-ring (bicyclic) bond motifs is 1. The monoisotopic (exact) mass is 358 g/mol. The minimum absolute atomic E-state index is 0.181. The predicted octanol–water partition coefficient (Wildman–Crippen LogP) is 5.53. The predicted molar refractivity (Wildman–Crippen MR) is 111 cm³/mol. The first kappa shape index (κ1) is 19.0. The highest BCUT2D eigenvalue weighted by molar-refractivity contribution is 5.85. The van der Waals surface area contributed by atoms with E-state index in [2.05, 4.69) is 57.7 Å². The summed E-state index contributed by atoms with van der Waals surface area (Å²) < 4.78 is 0. The van der Waals surface area contributed by atoms with Gasteiger partial charge in [0, 0.05) is 17.2 Å². The van der Waals surface area contributed by atoms with Crippen molar-refractivity contribution in [1.29, 1.82) is 0 Å². The molecule has 1 N–H and O–H groups in total. The number of carboxylic acid groups (broad SMARTS) is 1. The van der Waals surface area contributed by atoms with E-state index in [0.717, 1.165) is 22.8 Å². The summed E-state index contributed by atoms with van der Waals surface area (Å²) in [4.78, 5) is 10.6. The molecule has 1 aliphatic carbocycles. The molecule has 138 valence electrons. The lowest BCUT2D eigenvalue weighted by molar-refractivity contribution is -0.131. The fraction of sp³-hybridized carbons (Fsp3) is 0.320. The highest BCUT2D eigenvalue weighted by atomic mass is 16.4. The van der Waals surface area contributed by atoms with Crippen molar-refractivity contribution < 1.29 is 9.90 Å². The molecule has 3 rings (SSSR count). The molecule has 0 unspecified atom stereocenters. The molecule has 2 aromatic carbocycles. The maximum Gasteiger partial charge on any atom is 0.328 e. The molecule has 0 fully saturated rings. The Hall–Kier alpha value is -2.79. The van der Waals surface area contributed by atoms with Crippen molar-refractivity contribution in [2.24, 2.45) is 0 Å². The molecule has 0 heterocycles. The summed E-state index contributed by atoms with van der Waals surface area (Å²) in [5, 5.41) is 8.68. The molecule has 2 heteroatoms. The Labute approximate surface area is 161 Å². The van der Waals surface area contributed by atoms with Gasteiger partial charge in [0.1, 0.15) is 0 Å². The first-order valence-electron chi connectivity index (χ1n) is 9.35. The van der Waals surface area contributed by atoms with Gasteiger partial charge in [0.2, 0.25) is 0 Å². The zero-order valence-electron chi connectivity index (χ0n) is 16.5. The number of carboxylic acids is 1. The lowest BCUT2D eigenvalue weighted by atomic mass is 9.63. The molecule has 0 aliphatic heterocycles. The Bertz CT molecular complexity index is 948. The molecular weight excluding hydrogens is 332 g/mol. The summed E-state index contributed by atoms with van der Waals surface area (Å²) in [6, 6.07) is 14.2. The Morgan fingerprint density at radius 3 is 2.07 bits per heavy atom. The SMILES string of the molecule is CC1(C)CCC(C)(C)c2cc(C#Cc3ccc(C=CC(=O)O)cc3)ccc21. The third kappa shape index (κ3) is 4.31. The molecule has 0 spiro atoms. The molecule has 2 nitrogen and oxygen atoms in total. The number of hydrogen-bond donors (Lipinski definition) is 1. The van der Waals surface area contributed by atoms with Gasteiger partial charge < -0.3 is 5.11 Å². The quantitative estimate of drug-likeness (QED) is 0.566. The molecule has 0 aromatic heterocycles. The van der Waals surface area contributed by atoms with Gasteiger partial charge in [0.25, 0.3) is 0 Å². The van der Waals surface area contributed by atoms with E-state index in [1.807, 2.05) is 24.3 Å². The summed E-state index contributed by atoms with van der Waals surface area (Å²) in [6.07, 6.45) is 5.11. The zero-order chi connectivity index (χ0) is 19.7. The van der Waals surface area contributed by atoms with E-state index in [4.69, 9.17) is 5.11 Å². The van der Waals surface area contributed by atoms with Crippen molar-refractivity contribution in [1.82, 2.24) is 0 Å². The molecule has 0 bridgehead atoms. The molecular formula is C25H26O2. The van der Waals surface area contributed by atoms with E-state index in [1.165, 1.54) is 24.0 Å². The second kappa shape index (κ2) is 7.08. The first-order valence-corrected chi connectivity index (χ1v) is 9.35. The average molecular weight is 358 g/mol. The molecule has 0 amide bonds. The summed E-state index contributed by atoms with van der Waals surface area (Å²) in [6.45, 7) is 9.29. The molecule has 0 saturated carbocycles. The van der Waals surface area contributed by atoms with E-state index in [1.54, 1.807) is 6.08 Å². The molecule has 0 saturated heterocycles. The van der Waals surface area contributed by atoms with Crippen LogP contribution in [0.3, 0.4) is 0 Å². The topological polar surface area (TPSA) is 37.3 Å². The van der Waals surface area contributed by atoms with Crippen LogP contribution < -0.4 is 0 Å². The Kier molecular flexibility index (Phi) is 4.98. The normalized spacial score (nSPS) is 17.0. The first-order chi connectivity index (χ1) is 12.7. The summed E-state index contributed by atoms with van der Waals surface area (Å²) >= 11 is 0. The molecule has 0 atom stereocenters. The zero-order valence-corrected chi connectivity index (χ0v) is 16.5. The van der Waals surface area contributed by atoms with Crippen LogP contribution in [0, 0.1) is 11.8 Å². The summed E-state index contributed by atoms with van der Waals surface area (Å²) in [7, 11) is 0. The van der Waals surface area contributed by atoms with Crippen LogP contribution in [0.5, 0.6) is 0 Å². The van der Waals surface area contributed by atoms with Crippen LogP contribution in [-0.2, 0) is 15.6 Å². The minimum Gasteiger partial charge on any atom is -0.478 e. The second-order valence-corrected chi connectivity index (χ2v) is 8.57. The van der Waals surface area contributed by atoms with Crippen molar-refractivity contribution in [2.75, 3.05) is 0 Å². The van der Waals surface area contributed by atoms with Crippen LogP contribution in [0.15, 0.2) is 48.5 Å². The van der Waals surface area contributed by atoms with Gasteiger partial charge in [0.05, 0.1) is 0 Å². The molecule has 27 heavy (non-hydrogen) atoms. The van der Waals surface area contributed by atoms with Gasteiger partial charge in [-0.05, 0) is 70.7 Å². The van der Waals surface area contributed by atoms with Gasteiger partial charge in [0.15, 0.2) is 0 Å². The maximum atomic E-state index is 10.6. The number of carbonyl (C=O) groups is 1. The van der Waals surface area contributed by atoms with Crippen LogP contribution in [0.2, 0.25) is 0 Å². The number of benzene rings is 2. The summed E-state index contributed by atoms with van der Waals surface area (Å²) in [5.74, 6) is 5.55. The van der Waals surface area contributed by atoms with Crippen LogP contribution in [-0.4, -0.2) is 11.1 Å².